The summed E-state index contributed by atoms with van der Waals surface area (Å²) in [7, 11) is -0.646. The molecule has 1 heterocycles. The number of anilines is 1. The van der Waals surface area contributed by atoms with Crippen molar-refractivity contribution < 1.29 is 18.0 Å². The summed E-state index contributed by atoms with van der Waals surface area (Å²) < 4.78 is 25.2. The highest BCUT2D eigenvalue weighted by molar-refractivity contribution is 8.00. The van der Waals surface area contributed by atoms with Gasteiger partial charge in [0.2, 0.25) is 15.9 Å². The monoisotopic (exact) mass is 407 g/mol. The first-order valence-electron chi connectivity index (χ1n) is 8.09. The quantitative estimate of drug-likeness (QED) is 0.560. The molecule has 0 saturated heterocycles. The predicted molar refractivity (Wildman–Crippen MR) is 106 cm³/mol. The maximum Gasteiger partial charge on any atom is 0.244 e. The van der Waals surface area contributed by atoms with Crippen LogP contribution < -0.4 is 5.32 Å². The number of para-hydroxylation sites is 1. The molecule has 0 aliphatic heterocycles. The molecule has 0 unspecified atom stereocenters. The van der Waals surface area contributed by atoms with Crippen LogP contribution in [-0.2, 0) is 14.8 Å². The van der Waals surface area contributed by atoms with E-state index in [1.807, 2.05) is 0 Å². The van der Waals surface area contributed by atoms with Crippen LogP contribution in [0.1, 0.15) is 24.2 Å². The Balaban J connectivity index is 2.08. The van der Waals surface area contributed by atoms with Crippen LogP contribution in [0.2, 0.25) is 0 Å². The number of sulfonamides is 1. The normalized spacial score (nSPS) is 12.6. The fourth-order valence-corrected chi connectivity index (χ4v) is 3.80. The minimum Gasteiger partial charge on any atom is -0.324 e. The number of Topliss-reactive ketones (excluding diaryl/α,β-unsaturated/α-hetero) is 1. The number of hydrogen-bond donors (Lipinski definition) is 1. The van der Waals surface area contributed by atoms with Gasteiger partial charge in [-0.3, -0.25) is 9.59 Å². The summed E-state index contributed by atoms with van der Waals surface area (Å²) in [4.78, 5) is 28.3. The van der Waals surface area contributed by atoms with Crippen LogP contribution in [0.5, 0.6) is 0 Å². The van der Waals surface area contributed by atoms with Gasteiger partial charge in [0.1, 0.15) is 4.90 Å². The van der Waals surface area contributed by atoms with Crippen molar-refractivity contribution in [2.24, 2.45) is 0 Å². The summed E-state index contributed by atoms with van der Waals surface area (Å²) in [6.45, 7) is 3.15. The van der Waals surface area contributed by atoms with E-state index in [2.05, 4.69) is 10.3 Å². The van der Waals surface area contributed by atoms with Crippen LogP contribution in [0.15, 0.2) is 52.5 Å². The molecular formula is C18H21N3O4S2. The van der Waals surface area contributed by atoms with Crippen LogP contribution in [0.25, 0.3) is 0 Å². The van der Waals surface area contributed by atoms with Crippen molar-refractivity contribution >= 4 is 39.2 Å². The molecule has 1 N–H and O–H groups in total. The average molecular weight is 408 g/mol. The van der Waals surface area contributed by atoms with E-state index in [9.17, 15) is 18.0 Å². The van der Waals surface area contributed by atoms with Crippen LogP contribution >= 0.6 is 11.8 Å². The molecule has 2 aromatic rings. The number of amides is 1. The summed E-state index contributed by atoms with van der Waals surface area (Å²) in [6.07, 6.45) is 1.27. The largest absolute Gasteiger partial charge is 0.324 e. The van der Waals surface area contributed by atoms with Crippen LogP contribution in [-0.4, -0.2) is 48.7 Å². The van der Waals surface area contributed by atoms with E-state index in [1.54, 1.807) is 37.3 Å². The van der Waals surface area contributed by atoms with Gasteiger partial charge in [0.05, 0.1) is 16.0 Å². The number of carbonyl (C=O) groups excluding carboxylic acids is 2. The lowest BCUT2D eigenvalue weighted by Crippen LogP contribution is -2.24. The Labute approximate surface area is 163 Å². The van der Waals surface area contributed by atoms with E-state index in [1.165, 1.54) is 45.0 Å². The van der Waals surface area contributed by atoms with Crippen LogP contribution in [0, 0.1) is 0 Å². The van der Waals surface area contributed by atoms with E-state index in [0.29, 0.717) is 16.3 Å². The second kappa shape index (κ2) is 8.64. The topological polar surface area (TPSA) is 96.4 Å². The summed E-state index contributed by atoms with van der Waals surface area (Å²) >= 11 is 1.20. The second-order valence-corrected chi connectivity index (χ2v) is 9.48. The summed E-state index contributed by atoms with van der Waals surface area (Å²) in [5.41, 5.74) is 0.905. The third-order valence-electron chi connectivity index (χ3n) is 3.72. The Kier molecular flexibility index (Phi) is 6.74. The molecule has 2 rings (SSSR count). The molecule has 144 valence electrons. The first-order chi connectivity index (χ1) is 12.6. The van der Waals surface area contributed by atoms with Gasteiger partial charge in [-0.05, 0) is 38.1 Å². The first kappa shape index (κ1) is 21.1. The number of rotatable bonds is 7. The minimum atomic E-state index is -3.54. The van der Waals surface area contributed by atoms with Crippen molar-refractivity contribution in [3.8, 4) is 0 Å². The average Bonchev–Trinajstić information content (AvgIpc) is 2.62. The molecule has 0 bridgehead atoms. The lowest BCUT2D eigenvalue weighted by molar-refractivity contribution is -0.115. The van der Waals surface area contributed by atoms with Gasteiger partial charge in [0, 0.05) is 25.9 Å². The first-order valence-corrected chi connectivity index (χ1v) is 10.4. The molecule has 0 saturated carbocycles. The molecule has 1 aromatic heterocycles. The molecular weight excluding hydrogens is 386 g/mol. The van der Waals surface area contributed by atoms with Gasteiger partial charge in [-0.1, -0.05) is 23.9 Å². The van der Waals surface area contributed by atoms with E-state index < -0.39 is 15.3 Å². The maximum absolute atomic E-state index is 12.4. The summed E-state index contributed by atoms with van der Waals surface area (Å²) in [5, 5.41) is 2.78. The zero-order valence-electron chi connectivity index (χ0n) is 15.5. The molecule has 0 aliphatic carbocycles. The minimum absolute atomic E-state index is 0.0874. The number of ketones is 1. The van der Waals surface area contributed by atoms with E-state index >= 15 is 0 Å². The molecule has 1 amide bonds. The molecule has 7 nitrogen and oxygen atoms in total. The molecule has 0 radical (unpaired) electrons. The number of aromatic nitrogens is 1. The van der Waals surface area contributed by atoms with Gasteiger partial charge in [0.15, 0.2) is 5.78 Å². The van der Waals surface area contributed by atoms with Crippen molar-refractivity contribution in [2.45, 2.75) is 29.0 Å². The van der Waals surface area contributed by atoms with Crippen molar-refractivity contribution in [1.82, 2.24) is 9.29 Å². The van der Waals surface area contributed by atoms with Crippen molar-refractivity contribution in [2.75, 3.05) is 19.4 Å². The Hall–Kier alpha value is -2.23. The second-order valence-electron chi connectivity index (χ2n) is 5.97. The number of hydrogen-bond acceptors (Lipinski definition) is 6. The maximum atomic E-state index is 12.4. The number of nitrogens with one attached hydrogen (secondary N) is 1. The van der Waals surface area contributed by atoms with Crippen molar-refractivity contribution in [3.05, 3.63) is 48.2 Å². The standard InChI is InChI=1S/C18H21N3O4S2/c1-12(22)15-7-5-6-8-16(15)20-18(23)13(2)26-17-10-9-14(11-19-17)27(24,25)21(3)4/h5-11,13H,1-4H3,(H,20,23)/t13-/m0/s1. The van der Waals surface area contributed by atoms with Gasteiger partial charge < -0.3 is 5.32 Å². The Morgan fingerprint density at radius 1 is 1.15 bits per heavy atom. The third-order valence-corrected chi connectivity index (χ3v) is 6.57. The smallest absolute Gasteiger partial charge is 0.244 e. The number of carbonyl (C=O) groups is 2. The van der Waals surface area contributed by atoms with E-state index in [4.69, 9.17) is 0 Å². The fraction of sp³-hybridized carbons (Fsp3) is 0.278. The Morgan fingerprint density at radius 2 is 1.81 bits per heavy atom. The van der Waals surface area contributed by atoms with Crippen molar-refractivity contribution in [3.63, 3.8) is 0 Å². The predicted octanol–water partition coefficient (Wildman–Crippen LogP) is 2.65. The number of pyridine rings is 1. The summed E-state index contributed by atoms with van der Waals surface area (Å²) in [5.74, 6) is -0.411. The number of nitrogens with zero attached hydrogens (tertiary/aromatic N) is 2. The van der Waals surface area contributed by atoms with E-state index in [0.717, 1.165) is 4.31 Å². The van der Waals surface area contributed by atoms with Gasteiger partial charge in [0.25, 0.3) is 0 Å². The van der Waals surface area contributed by atoms with Crippen LogP contribution in [0.4, 0.5) is 5.69 Å². The molecule has 0 spiro atoms. The van der Waals surface area contributed by atoms with Gasteiger partial charge >= 0.3 is 0 Å². The molecule has 0 fully saturated rings. The number of benzene rings is 1. The molecule has 9 heteroatoms. The highest BCUT2D eigenvalue weighted by Gasteiger charge is 2.20. The SMILES string of the molecule is CC(=O)c1ccccc1NC(=O)[C@H](C)Sc1ccc(S(=O)(=O)N(C)C)cn1. The summed E-state index contributed by atoms with van der Waals surface area (Å²) in [6, 6.07) is 9.82. The lowest BCUT2D eigenvalue weighted by atomic mass is 10.1. The van der Waals surface area contributed by atoms with Gasteiger partial charge in [-0.2, -0.15) is 0 Å². The third kappa shape index (κ3) is 5.15. The van der Waals surface area contributed by atoms with E-state index in [-0.39, 0.29) is 16.6 Å². The fourth-order valence-electron chi connectivity index (χ4n) is 2.17. The zero-order chi connectivity index (χ0) is 20.2. The molecule has 27 heavy (non-hydrogen) atoms. The molecule has 1 aromatic carbocycles. The van der Waals surface area contributed by atoms with Gasteiger partial charge in [-0.15, -0.1) is 0 Å². The molecule has 0 aliphatic rings. The lowest BCUT2D eigenvalue weighted by Gasteiger charge is -2.14. The van der Waals surface area contributed by atoms with Crippen LogP contribution in [0.3, 0.4) is 0 Å². The highest BCUT2D eigenvalue weighted by Crippen LogP contribution is 2.24. The zero-order valence-corrected chi connectivity index (χ0v) is 17.1. The Bertz CT molecular complexity index is 941. The molecule has 1 atom stereocenters. The number of thioether (sulfide) groups is 1. The Morgan fingerprint density at radius 3 is 2.37 bits per heavy atom. The van der Waals surface area contributed by atoms with Gasteiger partial charge in [-0.25, -0.2) is 17.7 Å². The van der Waals surface area contributed by atoms with Crippen molar-refractivity contribution in [1.29, 1.82) is 0 Å². The highest BCUT2D eigenvalue weighted by atomic mass is 32.2.